The van der Waals surface area contributed by atoms with Crippen LogP contribution in [0.5, 0.6) is 0 Å². The maximum atomic E-state index is 13.5. The van der Waals surface area contributed by atoms with Crippen LogP contribution in [0, 0.1) is 24.1 Å². The molecule has 0 aliphatic carbocycles. The SMILES string of the molecule is Cc1cc(CNc2ccc(C#N)cc2F)on1. The Hall–Kier alpha value is -2.35. The van der Waals surface area contributed by atoms with Crippen LogP contribution in [-0.4, -0.2) is 5.16 Å². The predicted molar refractivity (Wildman–Crippen MR) is 59.7 cm³/mol. The molecule has 2 aromatic rings. The van der Waals surface area contributed by atoms with Crippen molar-refractivity contribution in [2.45, 2.75) is 13.5 Å². The highest BCUT2D eigenvalue weighted by atomic mass is 19.1. The van der Waals surface area contributed by atoms with Crippen molar-refractivity contribution in [3.63, 3.8) is 0 Å². The number of nitrogens with zero attached hydrogens (tertiary/aromatic N) is 2. The summed E-state index contributed by atoms with van der Waals surface area (Å²) in [5.41, 5.74) is 1.41. The number of rotatable bonds is 3. The highest BCUT2D eigenvalue weighted by Gasteiger charge is 2.05. The lowest BCUT2D eigenvalue weighted by Crippen LogP contribution is -2.00. The lowest BCUT2D eigenvalue weighted by Gasteiger charge is -2.05. The van der Waals surface area contributed by atoms with Gasteiger partial charge in [-0.25, -0.2) is 4.39 Å². The molecule has 0 amide bonds. The minimum Gasteiger partial charge on any atom is -0.375 e. The standard InChI is InChI=1S/C12H10FN3O/c1-8-4-10(17-16-8)7-15-12-3-2-9(6-14)5-11(12)13/h2-5,15H,7H2,1H3. The van der Waals surface area contributed by atoms with Gasteiger partial charge < -0.3 is 9.84 Å². The van der Waals surface area contributed by atoms with Gasteiger partial charge in [0.2, 0.25) is 0 Å². The van der Waals surface area contributed by atoms with Crippen molar-refractivity contribution in [1.82, 2.24) is 5.16 Å². The highest BCUT2D eigenvalue weighted by Crippen LogP contribution is 2.16. The van der Waals surface area contributed by atoms with Crippen molar-refractivity contribution in [3.8, 4) is 6.07 Å². The van der Waals surface area contributed by atoms with Crippen LogP contribution in [-0.2, 0) is 6.54 Å². The molecule has 5 heteroatoms. The summed E-state index contributed by atoms with van der Waals surface area (Å²) >= 11 is 0. The van der Waals surface area contributed by atoms with E-state index in [4.69, 9.17) is 9.78 Å². The first-order chi connectivity index (χ1) is 8.19. The summed E-state index contributed by atoms with van der Waals surface area (Å²) in [6, 6.07) is 7.91. The van der Waals surface area contributed by atoms with Gasteiger partial charge in [0.15, 0.2) is 5.76 Å². The molecule has 0 unspecified atom stereocenters. The van der Waals surface area contributed by atoms with Crippen molar-refractivity contribution in [3.05, 3.63) is 47.1 Å². The number of nitriles is 1. The molecule has 4 nitrogen and oxygen atoms in total. The molecule has 0 aliphatic rings. The molecule has 0 spiro atoms. The van der Waals surface area contributed by atoms with E-state index in [1.54, 1.807) is 12.1 Å². The molecule has 2 rings (SSSR count). The van der Waals surface area contributed by atoms with Crippen LogP contribution < -0.4 is 5.32 Å². The molecular formula is C12H10FN3O. The Morgan fingerprint density at radius 1 is 1.47 bits per heavy atom. The summed E-state index contributed by atoms with van der Waals surface area (Å²) in [7, 11) is 0. The molecule has 0 atom stereocenters. The van der Waals surface area contributed by atoms with Crippen molar-refractivity contribution in [2.75, 3.05) is 5.32 Å². The van der Waals surface area contributed by atoms with Crippen LogP contribution >= 0.6 is 0 Å². The molecule has 1 N–H and O–H groups in total. The molecule has 86 valence electrons. The summed E-state index contributed by atoms with van der Waals surface area (Å²) in [6.07, 6.45) is 0. The average Bonchev–Trinajstić information content (AvgIpc) is 2.73. The largest absolute Gasteiger partial charge is 0.375 e. The molecule has 17 heavy (non-hydrogen) atoms. The summed E-state index contributed by atoms with van der Waals surface area (Å²) in [6.45, 7) is 2.17. The average molecular weight is 231 g/mol. The van der Waals surface area contributed by atoms with Crippen LogP contribution in [0.3, 0.4) is 0 Å². The fourth-order valence-electron chi connectivity index (χ4n) is 1.41. The summed E-state index contributed by atoms with van der Waals surface area (Å²) < 4.78 is 18.5. The minimum atomic E-state index is -0.458. The van der Waals surface area contributed by atoms with E-state index in [1.807, 2.05) is 13.0 Å². The molecule has 1 aromatic carbocycles. The second kappa shape index (κ2) is 4.66. The van der Waals surface area contributed by atoms with Crippen LogP contribution in [0.1, 0.15) is 17.0 Å². The van der Waals surface area contributed by atoms with Gasteiger partial charge in [-0.2, -0.15) is 5.26 Å². The second-order valence-corrected chi connectivity index (χ2v) is 3.59. The third-order valence-corrected chi connectivity index (χ3v) is 2.23. The third kappa shape index (κ3) is 2.61. The maximum Gasteiger partial charge on any atom is 0.156 e. The van der Waals surface area contributed by atoms with Gasteiger partial charge in [-0.15, -0.1) is 0 Å². The van der Waals surface area contributed by atoms with Crippen molar-refractivity contribution in [1.29, 1.82) is 5.26 Å². The third-order valence-electron chi connectivity index (χ3n) is 2.23. The maximum absolute atomic E-state index is 13.5. The van der Waals surface area contributed by atoms with Crippen LogP contribution in [0.15, 0.2) is 28.8 Å². The molecule has 0 saturated carbocycles. The van der Waals surface area contributed by atoms with E-state index in [2.05, 4.69) is 10.5 Å². The molecule has 0 fully saturated rings. The summed E-state index contributed by atoms with van der Waals surface area (Å²) in [5.74, 6) is 0.173. The number of aryl methyl sites for hydroxylation is 1. The first kappa shape index (κ1) is 11.1. The Morgan fingerprint density at radius 2 is 2.29 bits per heavy atom. The molecule has 0 radical (unpaired) electrons. The van der Waals surface area contributed by atoms with Gasteiger partial charge in [0, 0.05) is 6.07 Å². The second-order valence-electron chi connectivity index (χ2n) is 3.59. The topological polar surface area (TPSA) is 61.9 Å². The Labute approximate surface area is 97.7 Å². The molecule has 1 aromatic heterocycles. The zero-order chi connectivity index (χ0) is 12.3. The van der Waals surface area contributed by atoms with E-state index in [0.29, 0.717) is 23.6 Å². The Kier molecular flexibility index (Phi) is 3.06. The van der Waals surface area contributed by atoms with Crippen molar-refractivity contribution >= 4 is 5.69 Å². The Balaban J connectivity index is 2.07. The van der Waals surface area contributed by atoms with Gasteiger partial charge in [-0.05, 0) is 25.1 Å². The normalized spacial score (nSPS) is 9.94. The first-order valence-electron chi connectivity index (χ1n) is 5.05. The molecule has 0 aliphatic heterocycles. The molecule has 0 saturated heterocycles. The van der Waals surface area contributed by atoms with Gasteiger partial charge in [-0.3, -0.25) is 0 Å². The predicted octanol–water partition coefficient (Wildman–Crippen LogP) is 2.61. The van der Waals surface area contributed by atoms with E-state index < -0.39 is 5.82 Å². The van der Waals surface area contributed by atoms with Gasteiger partial charge in [0.1, 0.15) is 5.82 Å². The van der Waals surface area contributed by atoms with Gasteiger partial charge in [0.05, 0.1) is 29.6 Å². The minimum absolute atomic E-state index is 0.295. The van der Waals surface area contributed by atoms with Gasteiger partial charge in [0.25, 0.3) is 0 Å². The lowest BCUT2D eigenvalue weighted by atomic mass is 10.2. The number of hydrogen-bond acceptors (Lipinski definition) is 4. The number of anilines is 1. The molecule has 1 heterocycles. The van der Waals surface area contributed by atoms with Crippen LogP contribution in [0.4, 0.5) is 10.1 Å². The molecule has 0 bridgehead atoms. The smallest absolute Gasteiger partial charge is 0.156 e. The lowest BCUT2D eigenvalue weighted by molar-refractivity contribution is 0.384. The van der Waals surface area contributed by atoms with Crippen LogP contribution in [0.25, 0.3) is 0 Å². The highest BCUT2D eigenvalue weighted by molar-refractivity contribution is 5.48. The number of halogens is 1. The zero-order valence-electron chi connectivity index (χ0n) is 9.20. The summed E-state index contributed by atoms with van der Waals surface area (Å²) in [4.78, 5) is 0. The van der Waals surface area contributed by atoms with Crippen LogP contribution in [0.2, 0.25) is 0 Å². The van der Waals surface area contributed by atoms with E-state index in [9.17, 15) is 4.39 Å². The van der Waals surface area contributed by atoms with Gasteiger partial charge >= 0.3 is 0 Å². The van der Waals surface area contributed by atoms with E-state index >= 15 is 0 Å². The number of benzene rings is 1. The van der Waals surface area contributed by atoms with E-state index in [0.717, 1.165) is 5.69 Å². The number of aromatic nitrogens is 1. The quantitative estimate of drug-likeness (QED) is 0.881. The fraction of sp³-hybridized carbons (Fsp3) is 0.167. The number of hydrogen-bond donors (Lipinski definition) is 1. The summed E-state index contributed by atoms with van der Waals surface area (Å²) in [5, 5.41) is 15.2. The molecular weight excluding hydrogens is 221 g/mol. The van der Waals surface area contributed by atoms with Crippen molar-refractivity contribution < 1.29 is 8.91 Å². The fourth-order valence-corrected chi connectivity index (χ4v) is 1.41. The Bertz CT molecular complexity index is 571. The Morgan fingerprint density at radius 3 is 2.88 bits per heavy atom. The van der Waals surface area contributed by atoms with Gasteiger partial charge in [-0.1, -0.05) is 5.16 Å². The number of nitrogens with one attached hydrogen (secondary N) is 1. The van der Waals surface area contributed by atoms with E-state index in [-0.39, 0.29) is 0 Å². The van der Waals surface area contributed by atoms with Crippen molar-refractivity contribution in [2.24, 2.45) is 0 Å². The monoisotopic (exact) mass is 231 g/mol. The zero-order valence-corrected chi connectivity index (χ0v) is 9.20. The van der Waals surface area contributed by atoms with E-state index in [1.165, 1.54) is 12.1 Å². The first-order valence-corrected chi connectivity index (χ1v) is 5.05.